The van der Waals surface area contributed by atoms with Gasteiger partial charge >= 0.3 is 0 Å². The standard InChI is InChI=1S/C15H13BrClNO2/c1-20-12-5-2-10(3-6-12)8-15(19)18-14-7-4-11(17)9-13(14)16/h2-7,9H,8H2,1H3,(H,18,19). The summed E-state index contributed by atoms with van der Waals surface area (Å²) in [6.07, 6.45) is 0.305. The van der Waals surface area contributed by atoms with Gasteiger partial charge in [0.05, 0.1) is 19.2 Å². The van der Waals surface area contributed by atoms with Crippen molar-refractivity contribution >= 4 is 39.1 Å². The van der Waals surface area contributed by atoms with Crippen LogP contribution in [0, 0.1) is 0 Å². The fourth-order valence-corrected chi connectivity index (χ4v) is 2.50. The van der Waals surface area contributed by atoms with Gasteiger partial charge in [-0.05, 0) is 51.8 Å². The van der Waals surface area contributed by atoms with Gasteiger partial charge in [0.2, 0.25) is 5.91 Å². The predicted octanol–water partition coefficient (Wildman–Crippen LogP) is 4.29. The van der Waals surface area contributed by atoms with Gasteiger partial charge in [0.15, 0.2) is 0 Å². The van der Waals surface area contributed by atoms with Gasteiger partial charge in [-0.25, -0.2) is 0 Å². The van der Waals surface area contributed by atoms with Crippen LogP contribution in [-0.2, 0) is 11.2 Å². The molecular formula is C15H13BrClNO2. The molecule has 0 aliphatic carbocycles. The SMILES string of the molecule is COc1ccc(CC(=O)Nc2ccc(Cl)cc2Br)cc1. The number of nitrogens with one attached hydrogen (secondary N) is 1. The first kappa shape index (κ1) is 14.9. The number of anilines is 1. The van der Waals surface area contributed by atoms with Crippen LogP contribution < -0.4 is 10.1 Å². The molecule has 3 nitrogen and oxygen atoms in total. The van der Waals surface area contributed by atoms with Gasteiger partial charge in [-0.2, -0.15) is 0 Å². The van der Waals surface area contributed by atoms with Crippen LogP contribution >= 0.6 is 27.5 Å². The van der Waals surface area contributed by atoms with E-state index < -0.39 is 0 Å². The highest BCUT2D eigenvalue weighted by Gasteiger charge is 2.07. The zero-order chi connectivity index (χ0) is 14.5. The molecule has 0 saturated heterocycles. The van der Waals surface area contributed by atoms with E-state index in [0.717, 1.165) is 15.8 Å². The summed E-state index contributed by atoms with van der Waals surface area (Å²) in [4.78, 5) is 12.0. The highest BCUT2D eigenvalue weighted by atomic mass is 79.9. The molecule has 0 saturated carbocycles. The molecular weight excluding hydrogens is 342 g/mol. The number of carbonyl (C=O) groups excluding carboxylic acids is 1. The number of rotatable bonds is 4. The first-order valence-electron chi connectivity index (χ1n) is 5.96. The van der Waals surface area contributed by atoms with E-state index in [1.807, 2.05) is 24.3 Å². The molecule has 0 unspecified atom stereocenters. The molecule has 0 spiro atoms. The number of hydrogen-bond donors (Lipinski definition) is 1. The Balaban J connectivity index is 2.01. The average Bonchev–Trinajstić information content (AvgIpc) is 2.43. The molecule has 0 fully saturated rings. The topological polar surface area (TPSA) is 38.3 Å². The van der Waals surface area contributed by atoms with Gasteiger partial charge in [-0.1, -0.05) is 23.7 Å². The van der Waals surface area contributed by atoms with Gasteiger partial charge in [0, 0.05) is 9.50 Å². The highest BCUT2D eigenvalue weighted by Crippen LogP contribution is 2.26. The molecule has 0 atom stereocenters. The molecule has 2 aromatic rings. The number of benzene rings is 2. The second kappa shape index (κ2) is 6.77. The van der Waals surface area contributed by atoms with Crippen molar-refractivity contribution < 1.29 is 9.53 Å². The van der Waals surface area contributed by atoms with Gasteiger partial charge < -0.3 is 10.1 Å². The Hall–Kier alpha value is -1.52. The van der Waals surface area contributed by atoms with Gasteiger partial charge in [-0.3, -0.25) is 4.79 Å². The number of hydrogen-bond acceptors (Lipinski definition) is 2. The Morgan fingerprint density at radius 1 is 1.25 bits per heavy atom. The molecule has 5 heteroatoms. The monoisotopic (exact) mass is 353 g/mol. The van der Waals surface area contributed by atoms with Crippen LogP contribution in [0.5, 0.6) is 5.75 Å². The Morgan fingerprint density at radius 3 is 2.55 bits per heavy atom. The lowest BCUT2D eigenvalue weighted by Crippen LogP contribution is -2.14. The summed E-state index contributed by atoms with van der Waals surface area (Å²) < 4.78 is 5.83. The van der Waals surface area contributed by atoms with Crippen LogP contribution in [0.25, 0.3) is 0 Å². The van der Waals surface area contributed by atoms with Crippen molar-refractivity contribution in [2.75, 3.05) is 12.4 Å². The summed E-state index contributed by atoms with van der Waals surface area (Å²) in [5, 5.41) is 3.45. The molecule has 0 radical (unpaired) electrons. The van der Waals surface area contributed by atoms with Crippen LogP contribution in [0.2, 0.25) is 5.02 Å². The van der Waals surface area contributed by atoms with Crippen molar-refractivity contribution in [3.63, 3.8) is 0 Å². The zero-order valence-electron chi connectivity index (χ0n) is 10.8. The van der Waals surface area contributed by atoms with Crippen LogP contribution in [0.3, 0.4) is 0 Å². The molecule has 1 N–H and O–H groups in total. The third-order valence-electron chi connectivity index (χ3n) is 2.73. The van der Waals surface area contributed by atoms with Crippen LogP contribution in [-0.4, -0.2) is 13.0 Å². The first-order chi connectivity index (χ1) is 9.58. The van der Waals surface area contributed by atoms with Crippen LogP contribution in [0.15, 0.2) is 46.9 Å². The van der Waals surface area contributed by atoms with E-state index in [2.05, 4.69) is 21.2 Å². The molecule has 0 aliphatic heterocycles. The predicted molar refractivity (Wildman–Crippen MR) is 84.5 cm³/mol. The van der Waals surface area contributed by atoms with E-state index in [-0.39, 0.29) is 5.91 Å². The number of carbonyl (C=O) groups is 1. The van der Waals surface area contributed by atoms with Crippen molar-refractivity contribution in [1.82, 2.24) is 0 Å². The summed E-state index contributed by atoms with van der Waals surface area (Å²) in [5.41, 5.74) is 1.63. The number of methoxy groups -OCH3 is 1. The Labute approximate surface area is 131 Å². The highest BCUT2D eigenvalue weighted by molar-refractivity contribution is 9.10. The maximum Gasteiger partial charge on any atom is 0.228 e. The normalized spacial score (nSPS) is 10.2. The van der Waals surface area contributed by atoms with Crippen molar-refractivity contribution in [1.29, 1.82) is 0 Å². The van der Waals surface area contributed by atoms with Gasteiger partial charge in [-0.15, -0.1) is 0 Å². The molecule has 2 aromatic carbocycles. The quantitative estimate of drug-likeness (QED) is 0.889. The third kappa shape index (κ3) is 3.99. The van der Waals surface area contributed by atoms with Crippen molar-refractivity contribution in [3.8, 4) is 5.75 Å². The van der Waals surface area contributed by atoms with E-state index >= 15 is 0 Å². The van der Waals surface area contributed by atoms with E-state index in [9.17, 15) is 4.79 Å². The van der Waals surface area contributed by atoms with E-state index in [1.54, 1.807) is 25.3 Å². The minimum absolute atomic E-state index is 0.0850. The second-order valence-corrected chi connectivity index (χ2v) is 5.49. The third-order valence-corrected chi connectivity index (χ3v) is 3.62. The minimum Gasteiger partial charge on any atom is -0.497 e. The van der Waals surface area contributed by atoms with Crippen LogP contribution in [0.4, 0.5) is 5.69 Å². The number of halogens is 2. The molecule has 0 aliphatic rings. The largest absolute Gasteiger partial charge is 0.497 e. The zero-order valence-corrected chi connectivity index (χ0v) is 13.2. The molecule has 104 valence electrons. The van der Waals surface area contributed by atoms with Crippen molar-refractivity contribution in [2.24, 2.45) is 0 Å². The summed E-state index contributed by atoms with van der Waals surface area (Å²) in [5.74, 6) is 0.688. The number of ether oxygens (including phenoxy) is 1. The van der Waals surface area contributed by atoms with E-state index in [1.165, 1.54) is 0 Å². The van der Waals surface area contributed by atoms with E-state index in [0.29, 0.717) is 17.1 Å². The number of amides is 1. The Bertz CT molecular complexity index is 614. The minimum atomic E-state index is -0.0850. The summed E-state index contributed by atoms with van der Waals surface area (Å²) >= 11 is 9.22. The fourth-order valence-electron chi connectivity index (χ4n) is 1.71. The smallest absolute Gasteiger partial charge is 0.228 e. The van der Waals surface area contributed by atoms with E-state index in [4.69, 9.17) is 16.3 Å². The fraction of sp³-hybridized carbons (Fsp3) is 0.133. The summed E-state index contributed by atoms with van der Waals surface area (Å²) in [6.45, 7) is 0. The molecule has 2 rings (SSSR count). The maximum absolute atomic E-state index is 12.0. The lowest BCUT2D eigenvalue weighted by atomic mass is 10.1. The van der Waals surface area contributed by atoms with Gasteiger partial charge in [0.25, 0.3) is 0 Å². The molecule has 0 aromatic heterocycles. The molecule has 0 bridgehead atoms. The lowest BCUT2D eigenvalue weighted by molar-refractivity contribution is -0.115. The second-order valence-electron chi connectivity index (χ2n) is 4.20. The Kier molecular flexibility index (Phi) is 5.04. The molecule has 1 amide bonds. The maximum atomic E-state index is 12.0. The first-order valence-corrected chi connectivity index (χ1v) is 7.13. The Morgan fingerprint density at radius 2 is 1.95 bits per heavy atom. The summed E-state index contributed by atoms with van der Waals surface area (Å²) in [7, 11) is 1.61. The van der Waals surface area contributed by atoms with Gasteiger partial charge in [0.1, 0.15) is 5.75 Å². The molecule has 20 heavy (non-hydrogen) atoms. The van der Waals surface area contributed by atoms with Crippen molar-refractivity contribution in [3.05, 3.63) is 57.5 Å². The lowest BCUT2D eigenvalue weighted by Gasteiger charge is -2.08. The average molecular weight is 355 g/mol. The molecule has 0 heterocycles. The summed E-state index contributed by atoms with van der Waals surface area (Å²) in [6, 6.07) is 12.6. The van der Waals surface area contributed by atoms with Crippen molar-refractivity contribution in [2.45, 2.75) is 6.42 Å². The van der Waals surface area contributed by atoms with Crippen LogP contribution in [0.1, 0.15) is 5.56 Å².